The van der Waals surface area contributed by atoms with Crippen molar-refractivity contribution in [3.8, 4) is 0 Å². The van der Waals surface area contributed by atoms with E-state index in [1.54, 1.807) is 0 Å². The van der Waals surface area contributed by atoms with E-state index in [9.17, 15) is 22.0 Å². The Morgan fingerprint density at radius 1 is 0.783 bits per heavy atom. The average Bonchev–Trinajstić information content (AvgIpc) is 3.21. The van der Waals surface area contributed by atoms with E-state index in [1.165, 1.54) is 11.6 Å². The summed E-state index contributed by atoms with van der Waals surface area (Å²) in [6, 6.07) is 17.3. The van der Waals surface area contributed by atoms with Crippen LogP contribution in [0, 0.1) is 39.3 Å². The lowest BCUT2D eigenvalue weighted by molar-refractivity contribution is -2.00. The molecule has 0 atom stereocenters. The molecule has 0 bridgehead atoms. The van der Waals surface area contributed by atoms with E-state index in [-0.39, 0.29) is 5.41 Å². The summed E-state index contributed by atoms with van der Waals surface area (Å²) in [7, 11) is -2.94. The lowest BCUT2D eigenvalue weighted by Gasteiger charge is -2.29. The highest BCUT2D eigenvalue weighted by Gasteiger charge is 2.42. The second-order valence-electron chi connectivity index (χ2n) is 11.3. The van der Waals surface area contributed by atoms with Gasteiger partial charge in [0.2, 0.25) is 11.5 Å². The molecule has 3 aromatic rings. The number of rotatable bonds is 4. The molecule has 1 aliphatic carbocycles. The van der Waals surface area contributed by atoms with E-state index in [0.717, 1.165) is 34.5 Å². The smallest absolute Gasteiger partial charge is 0.209 e. The molecule has 0 saturated heterocycles. The SMILES string of the molecule is C[N+]1=C(/C=C/C2=C3OC(c4c(F)c(F)c(F)c(F)c4F)=CC(c4ccccc4)=C3CCC2)C(C)(C)c2ccccc21.[O-][Cl+3]([O-])([O-])[O-]. The van der Waals surface area contributed by atoms with Crippen molar-refractivity contribution in [2.24, 2.45) is 0 Å². The molecule has 0 radical (unpaired) electrons. The molecule has 6 nitrogen and oxygen atoms in total. The highest BCUT2D eigenvalue weighted by molar-refractivity contribution is 6.03. The molecule has 0 saturated carbocycles. The molecular weight excluding hydrogens is 633 g/mol. The first-order valence-electron chi connectivity index (χ1n) is 14.0. The Labute approximate surface area is 263 Å². The van der Waals surface area contributed by atoms with Crippen LogP contribution < -0.4 is 18.6 Å². The topological polar surface area (TPSA) is 104 Å². The molecule has 240 valence electrons. The Morgan fingerprint density at radius 3 is 1.96 bits per heavy atom. The van der Waals surface area contributed by atoms with Crippen LogP contribution in [0.15, 0.2) is 89.7 Å². The Hall–Kier alpha value is -4.13. The largest absolute Gasteiger partial charge is 0.456 e. The van der Waals surface area contributed by atoms with Crippen LogP contribution in [0.2, 0.25) is 0 Å². The van der Waals surface area contributed by atoms with Crippen molar-refractivity contribution >= 4 is 22.7 Å². The molecule has 0 fully saturated rings. The molecule has 12 heteroatoms. The molecule has 3 aliphatic rings. The van der Waals surface area contributed by atoms with Gasteiger partial charge in [0.25, 0.3) is 0 Å². The Kier molecular flexibility index (Phi) is 9.09. The first kappa shape index (κ1) is 33.2. The number of nitrogens with zero attached hydrogens (tertiary/aromatic N) is 1. The number of hydrogen-bond donors (Lipinski definition) is 0. The normalized spacial score (nSPS) is 17.4. The molecule has 0 aromatic heterocycles. The summed E-state index contributed by atoms with van der Waals surface area (Å²) in [6.07, 6.45) is 7.39. The van der Waals surface area contributed by atoms with Gasteiger partial charge in [0.15, 0.2) is 29.0 Å². The number of para-hydroxylation sites is 1. The highest BCUT2D eigenvalue weighted by Crippen LogP contribution is 2.45. The zero-order valence-electron chi connectivity index (χ0n) is 24.8. The third-order valence-electron chi connectivity index (χ3n) is 8.18. The number of benzene rings is 3. The number of ether oxygens (including phenoxy) is 1. The van der Waals surface area contributed by atoms with Crippen molar-refractivity contribution in [1.29, 1.82) is 0 Å². The maximum absolute atomic E-state index is 15.0. The zero-order valence-corrected chi connectivity index (χ0v) is 25.6. The molecule has 3 aromatic carbocycles. The Bertz CT molecular complexity index is 1840. The average molecular weight is 660 g/mol. The third-order valence-corrected chi connectivity index (χ3v) is 8.18. The second kappa shape index (κ2) is 12.6. The minimum absolute atomic E-state index is 0.274. The molecule has 2 heterocycles. The standard InChI is InChI=1S/C34H27F5NO.ClHO4/c1-34(2)23-14-7-8-15-24(23)40(3)26(34)17-16-20-12-9-13-21-22(19-10-5-4-6-11-19)18-25(41-33(20)21)27-28(35)30(37)32(39)31(38)29(27)36;2-1(3,4)5/h4-8,10-11,14-18H,9,12-13H2,1-3H3;(H,2,3,4,5)/q+1;/p-1/b17-16+;. The molecule has 46 heavy (non-hydrogen) atoms. The number of allylic oxidation sites excluding steroid dienone is 6. The number of hydrogen-bond acceptors (Lipinski definition) is 5. The van der Waals surface area contributed by atoms with Crippen LogP contribution in [0.1, 0.15) is 49.8 Å². The van der Waals surface area contributed by atoms with E-state index in [0.29, 0.717) is 24.2 Å². The van der Waals surface area contributed by atoms with Gasteiger partial charge in [-0.3, -0.25) is 0 Å². The predicted octanol–water partition coefficient (Wildman–Crippen LogP) is 4.15. The minimum Gasteiger partial charge on any atom is -0.456 e. The van der Waals surface area contributed by atoms with Crippen LogP contribution >= 0.6 is 0 Å². The van der Waals surface area contributed by atoms with Gasteiger partial charge in [-0.1, -0.05) is 48.5 Å². The van der Waals surface area contributed by atoms with Crippen molar-refractivity contribution in [2.45, 2.75) is 38.5 Å². The molecule has 0 amide bonds. The summed E-state index contributed by atoms with van der Waals surface area (Å²) in [4.78, 5) is 0. The van der Waals surface area contributed by atoms with Gasteiger partial charge in [0.1, 0.15) is 18.6 Å². The molecule has 6 rings (SSSR count). The first-order valence-corrected chi connectivity index (χ1v) is 15.3. The van der Waals surface area contributed by atoms with Gasteiger partial charge >= 0.3 is 0 Å². The van der Waals surface area contributed by atoms with Crippen LogP contribution in [-0.4, -0.2) is 17.3 Å². The van der Waals surface area contributed by atoms with Crippen molar-refractivity contribution in [1.82, 2.24) is 0 Å². The predicted molar refractivity (Wildman–Crippen MR) is 149 cm³/mol. The summed E-state index contributed by atoms with van der Waals surface area (Å²) in [5.41, 5.74) is 4.96. The van der Waals surface area contributed by atoms with Crippen LogP contribution in [0.3, 0.4) is 0 Å². The van der Waals surface area contributed by atoms with Gasteiger partial charge in [0, 0.05) is 23.3 Å². The number of fused-ring (bicyclic) bond motifs is 2. The van der Waals surface area contributed by atoms with Crippen LogP contribution in [0.4, 0.5) is 27.6 Å². The van der Waals surface area contributed by atoms with Gasteiger partial charge in [-0.15, -0.1) is 10.2 Å². The Balaban J connectivity index is 0.000000775. The lowest BCUT2D eigenvalue weighted by Crippen LogP contribution is -2.68. The van der Waals surface area contributed by atoms with Gasteiger partial charge in [0.05, 0.1) is 11.0 Å². The molecule has 0 unspecified atom stereocenters. The summed E-state index contributed by atoms with van der Waals surface area (Å²) >= 11 is 0. The molecule has 0 N–H and O–H groups in total. The van der Waals surface area contributed by atoms with Crippen molar-refractivity contribution in [3.05, 3.63) is 136 Å². The quantitative estimate of drug-likeness (QED) is 0.181. The molecular formula is C34H27ClF5NO5. The van der Waals surface area contributed by atoms with E-state index in [4.69, 9.17) is 23.4 Å². The fraction of sp³-hybridized carbons (Fsp3) is 0.206. The summed E-state index contributed by atoms with van der Waals surface area (Å²) in [5.74, 6) is -10.1. The van der Waals surface area contributed by atoms with Gasteiger partial charge in [-0.2, -0.15) is 4.58 Å². The van der Waals surface area contributed by atoms with Gasteiger partial charge in [-0.05, 0) is 62.0 Å². The summed E-state index contributed by atoms with van der Waals surface area (Å²) < 4.78 is 114. The highest BCUT2D eigenvalue weighted by atomic mass is 35.7. The van der Waals surface area contributed by atoms with Crippen LogP contribution in [0.25, 0.3) is 11.3 Å². The zero-order chi connectivity index (χ0) is 33.6. The maximum Gasteiger partial charge on any atom is 0.209 e. The van der Waals surface area contributed by atoms with Gasteiger partial charge in [-0.25, -0.2) is 40.6 Å². The van der Waals surface area contributed by atoms with E-state index in [2.05, 4.69) is 30.6 Å². The van der Waals surface area contributed by atoms with Crippen LogP contribution in [0.5, 0.6) is 0 Å². The second-order valence-corrected chi connectivity index (χ2v) is 12.1. The third kappa shape index (κ3) is 6.29. The monoisotopic (exact) mass is 659 g/mol. The van der Waals surface area contributed by atoms with Gasteiger partial charge < -0.3 is 4.74 Å². The number of halogens is 6. The van der Waals surface area contributed by atoms with Crippen molar-refractivity contribution < 1.29 is 60.1 Å². The Morgan fingerprint density at radius 2 is 1.35 bits per heavy atom. The molecule has 2 aliphatic heterocycles. The van der Waals surface area contributed by atoms with Crippen molar-refractivity contribution in [3.63, 3.8) is 0 Å². The lowest BCUT2D eigenvalue weighted by atomic mass is 9.80. The van der Waals surface area contributed by atoms with E-state index in [1.807, 2.05) is 61.7 Å². The summed E-state index contributed by atoms with van der Waals surface area (Å²) in [5, 5.41) is 0. The van der Waals surface area contributed by atoms with Crippen LogP contribution in [-0.2, 0) is 10.2 Å². The maximum atomic E-state index is 15.0. The van der Waals surface area contributed by atoms with E-state index < -0.39 is 50.7 Å². The minimum atomic E-state index is -4.94. The summed E-state index contributed by atoms with van der Waals surface area (Å²) in [6.45, 7) is 4.29. The first-order chi connectivity index (χ1) is 21.6. The fourth-order valence-corrected chi connectivity index (χ4v) is 6.08. The molecule has 0 spiro atoms. The van der Waals surface area contributed by atoms with Crippen molar-refractivity contribution in [2.75, 3.05) is 7.05 Å². The van der Waals surface area contributed by atoms with E-state index >= 15 is 0 Å². The fourth-order valence-electron chi connectivity index (χ4n) is 6.08.